The molecule has 0 amide bonds. The molecule has 0 aliphatic carbocycles. The molecule has 0 radical (unpaired) electrons. The van der Waals surface area contributed by atoms with Gasteiger partial charge in [0.25, 0.3) is 0 Å². The Bertz CT molecular complexity index is 1590. The molecule has 0 aliphatic rings. The molecule has 0 unspecified atom stereocenters. The predicted molar refractivity (Wildman–Crippen MR) is 129 cm³/mol. The third-order valence-electron chi connectivity index (χ3n) is 5.64. The van der Waals surface area contributed by atoms with E-state index in [2.05, 4.69) is 9.55 Å². The van der Waals surface area contributed by atoms with Crippen molar-refractivity contribution in [1.82, 2.24) is 9.55 Å². The van der Waals surface area contributed by atoms with Crippen LogP contribution in [0.25, 0.3) is 27.9 Å². The fourth-order valence-corrected chi connectivity index (χ4v) is 4.17. The highest BCUT2D eigenvalue weighted by Gasteiger charge is 2.18. The van der Waals surface area contributed by atoms with Gasteiger partial charge in [-0.2, -0.15) is 5.26 Å². The SMILES string of the molecule is N#C/C(=C\c1cn(Cc2ccc(Cl)cc2)c2ccccc12)C(=O)c1c[nH]c2cc(F)ccc12. The number of fused-ring (bicyclic) bond motifs is 2. The number of aromatic amines is 1. The van der Waals surface area contributed by atoms with Crippen molar-refractivity contribution in [3.63, 3.8) is 0 Å². The lowest BCUT2D eigenvalue weighted by Gasteiger charge is -2.05. The van der Waals surface area contributed by atoms with Crippen LogP contribution in [0, 0.1) is 17.1 Å². The van der Waals surface area contributed by atoms with Crippen molar-refractivity contribution in [2.24, 2.45) is 0 Å². The lowest BCUT2D eigenvalue weighted by atomic mass is 10.0. The number of nitrogens with zero attached hydrogens (tertiary/aromatic N) is 2. The molecule has 0 saturated carbocycles. The van der Waals surface area contributed by atoms with E-state index in [1.807, 2.05) is 60.8 Å². The van der Waals surface area contributed by atoms with Gasteiger partial charge in [0.1, 0.15) is 17.5 Å². The highest BCUT2D eigenvalue weighted by molar-refractivity contribution is 6.30. The maximum absolute atomic E-state index is 13.5. The number of hydrogen-bond acceptors (Lipinski definition) is 2. The molecule has 1 N–H and O–H groups in total. The van der Waals surface area contributed by atoms with Crippen LogP contribution in [0.5, 0.6) is 0 Å². The molecule has 160 valence electrons. The summed E-state index contributed by atoms with van der Waals surface area (Å²) in [6, 6.07) is 21.7. The zero-order valence-electron chi connectivity index (χ0n) is 17.3. The van der Waals surface area contributed by atoms with Crippen LogP contribution in [0.15, 0.2) is 84.7 Å². The summed E-state index contributed by atoms with van der Waals surface area (Å²) in [6.07, 6.45) is 5.07. The molecule has 5 aromatic rings. The number of hydrogen-bond donors (Lipinski definition) is 1. The fraction of sp³-hybridized carbons (Fsp3) is 0.0370. The molecule has 33 heavy (non-hydrogen) atoms. The van der Waals surface area contributed by atoms with Gasteiger partial charge in [0.2, 0.25) is 5.78 Å². The van der Waals surface area contributed by atoms with Crippen LogP contribution in [-0.2, 0) is 6.54 Å². The number of carbonyl (C=O) groups excluding carboxylic acids is 1. The monoisotopic (exact) mass is 453 g/mol. The summed E-state index contributed by atoms with van der Waals surface area (Å²) in [5.41, 5.74) is 3.70. The molecule has 4 nitrogen and oxygen atoms in total. The Morgan fingerprint density at radius 2 is 1.88 bits per heavy atom. The molecule has 0 atom stereocenters. The first-order valence-corrected chi connectivity index (χ1v) is 10.7. The summed E-state index contributed by atoms with van der Waals surface area (Å²) in [5, 5.41) is 12.0. The summed E-state index contributed by atoms with van der Waals surface area (Å²) in [5.74, 6) is -0.808. The molecule has 2 heterocycles. The van der Waals surface area contributed by atoms with Crippen LogP contribution < -0.4 is 0 Å². The number of Topliss-reactive ketones (excluding diaryl/α,β-unsaturated/α-hetero) is 1. The Morgan fingerprint density at radius 1 is 1.09 bits per heavy atom. The first kappa shape index (κ1) is 20.7. The number of allylic oxidation sites excluding steroid dienone is 1. The van der Waals surface area contributed by atoms with Crippen LogP contribution in [-0.4, -0.2) is 15.3 Å². The van der Waals surface area contributed by atoms with Crippen molar-refractivity contribution in [1.29, 1.82) is 5.26 Å². The van der Waals surface area contributed by atoms with E-state index in [0.29, 0.717) is 28.0 Å². The van der Waals surface area contributed by atoms with Gasteiger partial charge in [0.05, 0.1) is 0 Å². The fourth-order valence-electron chi connectivity index (χ4n) is 4.04. The normalized spacial score (nSPS) is 11.7. The first-order valence-electron chi connectivity index (χ1n) is 10.3. The molecule has 6 heteroatoms. The number of aromatic nitrogens is 2. The average molecular weight is 454 g/mol. The number of carbonyl (C=O) groups is 1. The highest BCUT2D eigenvalue weighted by Crippen LogP contribution is 2.27. The summed E-state index contributed by atoms with van der Waals surface area (Å²) in [7, 11) is 0. The van der Waals surface area contributed by atoms with Crippen LogP contribution in [0.4, 0.5) is 4.39 Å². The second-order valence-corrected chi connectivity index (χ2v) is 8.18. The van der Waals surface area contributed by atoms with Crippen molar-refractivity contribution in [2.45, 2.75) is 6.54 Å². The lowest BCUT2D eigenvalue weighted by Crippen LogP contribution is -2.01. The zero-order chi connectivity index (χ0) is 22.9. The maximum atomic E-state index is 13.5. The summed E-state index contributed by atoms with van der Waals surface area (Å²) in [6.45, 7) is 0.620. The molecule has 0 spiro atoms. The minimum Gasteiger partial charge on any atom is -0.360 e. The molecular weight excluding hydrogens is 437 g/mol. The van der Waals surface area contributed by atoms with Gasteiger partial charge in [-0.3, -0.25) is 4.79 Å². The Kier molecular flexibility index (Phi) is 5.29. The number of H-pyrrole nitrogens is 1. The number of halogens is 2. The van der Waals surface area contributed by atoms with Gasteiger partial charge in [0, 0.05) is 56.9 Å². The van der Waals surface area contributed by atoms with Crippen molar-refractivity contribution in [3.05, 3.63) is 112 Å². The molecule has 2 aromatic heterocycles. The van der Waals surface area contributed by atoms with Gasteiger partial charge in [-0.15, -0.1) is 0 Å². The minimum atomic E-state index is -0.412. The van der Waals surface area contributed by atoms with Gasteiger partial charge < -0.3 is 9.55 Å². The van der Waals surface area contributed by atoms with Crippen molar-refractivity contribution < 1.29 is 9.18 Å². The molecular formula is C27H17ClFN3O. The van der Waals surface area contributed by atoms with Crippen molar-refractivity contribution >= 4 is 45.3 Å². The van der Waals surface area contributed by atoms with Crippen molar-refractivity contribution in [2.75, 3.05) is 0 Å². The van der Waals surface area contributed by atoms with E-state index >= 15 is 0 Å². The number of ketones is 1. The lowest BCUT2D eigenvalue weighted by molar-refractivity contribution is 0.104. The molecule has 0 bridgehead atoms. The van der Waals surface area contributed by atoms with Gasteiger partial charge >= 0.3 is 0 Å². The van der Waals surface area contributed by atoms with Crippen LogP contribution in [0.3, 0.4) is 0 Å². The summed E-state index contributed by atoms with van der Waals surface area (Å²) in [4.78, 5) is 16.1. The predicted octanol–water partition coefficient (Wildman–Crippen LogP) is 6.75. The Morgan fingerprint density at radius 3 is 2.67 bits per heavy atom. The number of rotatable bonds is 5. The minimum absolute atomic E-state index is 0.00891. The van der Waals surface area contributed by atoms with Gasteiger partial charge in [0.15, 0.2) is 0 Å². The number of para-hydroxylation sites is 1. The number of benzene rings is 3. The summed E-state index contributed by atoms with van der Waals surface area (Å²) >= 11 is 6.01. The van der Waals surface area contributed by atoms with Gasteiger partial charge in [-0.1, -0.05) is 41.9 Å². The highest BCUT2D eigenvalue weighted by atomic mass is 35.5. The van der Waals surface area contributed by atoms with Crippen molar-refractivity contribution in [3.8, 4) is 6.07 Å². The quantitative estimate of drug-likeness (QED) is 0.182. The average Bonchev–Trinajstić information content (AvgIpc) is 3.40. The zero-order valence-corrected chi connectivity index (χ0v) is 18.1. The van der Waals surface area contributed by atoms with E-state index in [1.54, 1.807) is 12.1 Å². The number of nitrogens with one attached hydrogen (secondary N) is 1. The molecule has 3 aromatic carbocycles. The molecule has 0 aliphatic heterocycles. The van der Waals surface area contributed by atoms with Crippen LogP contribution in [0.1, 0.15) is 21.5 Å². The van der Waals surface area contributed by atoms with E-state index in [4.69, 9.17) is 11.6 Å². The van der Waals surface area contributed by atoms with Crippen LogP contribution >= 0.6 is 11.6 Å². The third-order valence-corrected chi connectivity index (χ3v) is 5.89. The van der Waals surface area contributed by atoms with Gasteiger partial charge in [-0.05, 0) is 48.0 Å². The largest absolute Gasteiger partial charge is 0.360 e. The van der Waals surface area contributed by atoms with Gasteiger partial charge in [-0.25, -0.2) is 4.39 Å². The van der Waals surface area contributed by atoms with E-state index in [1.165, 1.54) is 18.3 Å². The van der Waals surface area contributed by atoms with E-state index in [0.717, 1.165) is 22.0 Å². The number of nitriles is 1. The Hall–Kier alpha value is -4.14. The first-order chi connectivity index (χ1) is 16.0. The Labute approximate surface area is 194 Å². The molecule has 5 rings (SSSR count). The van der Waals surface area contributed by atoms with E-state index < -0.39 is 11.6 Å². The second-order valence-electron chi connectivity index (χ2n) is 7.75. The third kappa shape index (κ3) is 3.93. The summed E-state index contributed by atoms with van der Waals surface area (Å²) < 4.78 is 15.6. The standard InChI is InChI=1S/C27H17ClFN3O/c28-20-7-5-17(6-8-20)15-32-16-19(22-3-1-2-4-26(22)32)11-18(13-30)27(33)24-14-31-25-12-21(29)9-10-23(24)25/h1-12,14,16,31H,15H2/b18-11+. The second kappa shape index (κ2) is 8.42. The molecule has 0 saturated heterocycles. The Balaban J connectivity index is 1.56. The van der Waals surface area contributed by atoms with Crippen LogP contribution in [0.2, 0.25) is 5.02 Å². The maximum Gasteiger partial charge on any atom is 0.205 e. The smallest absolute Gasteiger partial charge is 0.205 e. The topological polar surface area (TPSA) is 61.6 Å². The van der Waals surface area contributed by atoms with E-state index in [9.17, 15) is 14.4 Å². The molecule has 0 fully saturated rings. The van der Waals surface area contributed by atoms with E-state index in [-0.39, 0.29) is 5.57 Å².